The Kier molecular flexibility index (Phi) is 3.49. The molecule has 5 heteroatoms. The molecule has 0 aliphatic carbocycles. The lowest BCUT2D eigenvalue weighted by Gasteiger charge is -2.16. The van der Waals surface area contributed by atoms with E-state index in [0.29, 0.717) is 4.88 Å². The molecule has 1 heterocycles. The zero-order valence-corrected chi connectivity index (χ0v) is 11.5. The maximum atomic E-state index is 12.2. The van der Waals surface area contributed by atoms with Gasteiger partial charge in [-0.2, -0.15) is 0 Å². The summed E-state index contributed by atoms with van der Waals surface area (Å²) in [5.41, 5.74) is 0.744. The average Bonchev–Trinajstić information content (AvgIpc) is 2.74. The van der Waals surface area contributed by atoms with Crippen LogP contribution in [-0.2, 0) is 0 Å². The van der Waals surface area contributed by atoms with E-state index in [1.807, 2.05) is 11.4 Å². The lowest BCUT2D eigenvalue weighted by molar-refractivity contribution is 0.0996. The van der Waals surface area contributed by atoms with Crippen LogP contribution in [0, 0.1) is 0 Å². The van der Waals surface area contributed by atoms with Crippen molar-refractivity contribution in [3.05, 3.63) is 45.1 Å². The fraction of sp³-hybridized carbons (Fsp3) is 0.0833. The topological polar surface area (TPSA) is 40.5 Å². The fourth-order valence-electron chi connectivity index (χ4n) is 1.39. The molecule has 1 aromatic carbocycles. The van der Waals surface area contributed by atoms with Crippen LogP contribution in [0.2, 0.25) is 0 Å². The molecule has 0 aliphatic rings. The quantitative estimate of drug-likeness (QED) is 0.922. The molecule has 0 aliphatic heterocycles. The van der Waals surface area contributed by atoms with Crippen LogP contribution in [0.3, 0.4) is 0 Å². The van der Waals surface area contributed by atoms with Crippen LogP contribution in [0.15, 0.2) is 40.2 Å². The molecule has 0 saturated carbocycles. The minimum atomic E-state index is -0.0717. The third-order valence-electron chi connectivity index (χ3n) is 2.35. The summed E-state index contributed by atoms with van der Waals surface area (Å²) in [6.45, 7) is 0. The summed E-state index contributed by atoms with van der Waals surface area (Å²) < 4.78 is 0.804. The van der Waals surface area contributed by atoms with E-state index in [4.69, 9.17) is 0 Å². The van der Waals surface area contributed by atoms with Gasteiger partial charge in [-0.1, -0.05) is 0 Å². The number of rotatable bonds is 2. The number of nitrogens with zero attached hydrogens (tertiary/aromatic N) is 1. The first-order valence-corrected chi connectivity index (χ1v) is 6.57. The van der Waals surface area contributed by atoms with Crippen molar-refractivity contribution in [3.63, 3.8) is 0 Å². The summed E-state index contributed by atoms with van der Waals surface area (Å²) in [7, 11) is 1.71. The van der Waals surface area contributed by atoms with Crippen LogP contribution in [-0.4, -0.2) is 18.1 Å². The summed E-state index contributed by atoms with van der Waals surface area (Å²) in [6, 6.07) is 8.37. The number of phenols is 1. The Bertz CT molecular complexity index is 536. The van der Waals surface area contributed by atoms with Crippen molar-refractivity contribution in [1.82, 2.24) is 0 Å². The average molecular weight is 312 g/mol. The third-order valence-corrected chi connectivity index (χ3v) is 4.18. The van der Waals surface area contributed by atoms with Gasteiger partial charge < -0.3 is 10.0 Å². The molecule has 3 nitrogen and oxygen atoms in total. The van der Waals surface area contributed by atoms with E-state index in [1.165, 1.54) is 11.3 Å². The highest BCUT2D eigenvalue weighted by Gasteiger charge is 2.17. The number of halogens is 1. The predicted octanol–water partition coefficient (Wildman–Crippen LogP) is 3.49. The minimum Gasteiger partial charge on any atom is -0.508 e. The largest absolute Gasteiger partial charge is 0.508 e. The van der Waals surface area contributed by atoms with Crippen molar-refractivity contribution in [2.45, 2.75) is 0 Å². The fourth-order valence-corrected chi connectivity index (χ4v) is 2.91. The molecule has 17 heavy (non-hydrogen) atoms. The second-order valence-electron chi connectivity index (χ2n) is 3.48. The maximum absolute atomic E-state index is 12.2. The molecule has 1 amide bonds. The number of anilines is 1. The van der Waals surface area contributed by atoms with E-state index in [2.05, 4.69) is 15.9 Å². The van der Waals surface area contributed by atoms with E-state index in [1.54, 1.807) is 36.2 Å². The molecule has 0 spiro atoms. The Balaban J connectivity index is 2.26. The number of phenolic OH excluding ortho intramolecular Hbond substituents is 1. The second kappa shape index (κ2) is 4.89. The smallest absolute Gasteiger partial charge is 0.269 e. The Morgan fingerprint density at radius 1 is 1.29 bits per heavy atom. The highest BCUT2D eigenvalue weighted by Crippen LogP contribution is 2.26. The molecule has 0 atom stereocenters. The second-order valence-corrected chi connectivity index (χ2v) is 5.25. The zero-order valence-electron chi connectivity index (χ0n) is 9.05. The van der Waals surface area contributed by atoms with Crippen LogP contribution in [0.5, 0.6) is 5.75 Å². The standard InChI is InChI=1S/C12H10BrNO2S/c1-14(8-2-4-9(15)5-3-8)12(16)11-10(13)6-7-17-11/h2-7,15H,1H3. The number of amides is 1. The SMILES string of the molecule is CN(C(=O)c1sccc1Br)c1ccc(O)cc1. The lowest BCUT2D eigenvalue weighted by atomic mass is 10.2. The van der Waals surface area contributed by atoms with Gasteiger partial charge in [0.05, 0.1) is 0 Å². The Labute approximate surface area is 111 Å². The molecule has 0 saturated heterocycles. The first-order valence-electron chi connectivity index (χ1n) is 4.89. The van der Waals surface area contributed by atoms with E-state index >= 15 is 0 Å². The van der Waals surface area contributed by atoms with Crippen molar-refractivity contribution >= 4 is 38.9 Å². The van der Waals surface area contributed by atoms with Gasteiger partial charge in [0.25, 0.3) is 5.91 Å². The Morgan fingerprint density at radius 3 is 2.47 bits per heavy atom. The molecule has 88 valence electrons. The normalized spacial score (nSPS) is 10.2. The number of carbonyl (C=O) groups is 1. The van der Waals surface area contributed by atoms with E-state index < -0.39 is 0 Å². The number of hydrogen-bond donors (Lipinski definition) is 1. The zero-order chi connectivity index (χ0) is 12.4. The number of hydrogen-bond acceptors (Lipinski definition) is 3. The molecule has 2 rings (SSSR count). The van der Waals surface area contributed by atoms with Gasteiger partial charge in [-0.25, -0.2) is 0 Å². The van der Waals surface area contributed by atoms with E-state index in [-0.39, 0.29) is 11.7 Å². The molecule has 2 aromatic rings. The van der Waals surface area contributed by atoms with Gasteiger partial charge in [0.15, 0.2) is 0 Å². The summed E-state index contributed by atoms with van der Waals surface area (Å²) in [4.78, 5) is 14.4. The van der Waals surface area contributed by atoms with Crippen LogP contribution >= 0.6 is 27.3 Å². The molecular formula is C12H10BrNO2S. The molecule has 0 fully saturated rings. The van der Waals surface area contributed by atoms with Crippen molar-refractivity contribution in [1.29, 1.82) is 0 Å². The van der Waals surface area contributed by atoms with Crippen LogP contribution in [0.1, 0.15) is 9.67 Å². The van der Waals surface area contributed by atoms with Crippen molar-refractivity contribution in [2.24, 2.45) is 0 Å². The van der Waals surface area contributed by atoms with Gasteiger partial charge in [0, 0.05) is 17.2 Å². The van der Waals surface area contributed by atoms with Gasteiger partial charge in [-0.15, -0.1) is 11.3 Å². The first-order chi connectivity index (χ1) is 8.09. The summed E-state index contributed by atoms with van der Waals surface area (Å²) in [6.07, 6.45) is 0. The molecule has 0 unspecified atom stereocenters. The van der Waals surface area contributed by atoms with Crippen molar-refractivity contribution in [3.8, 4) is 5.75 Å². The number of thiophene rings is 1. The first kappa shape index (κ1) is 12.1. The molecule has 1 aromatic heterocycles. The number of benzene rings is 1. The van der Waals surface area contributed by atoms with Crippen LogP contribution in [0.4, 0.5) is 5.69 Å². The highest BCUT2D eigenvalue weighted by atomic mass is 79.9. The van der Waals surface area contributed by atoms with Gasteiger partial charge >= 0.3 is 0 Å². The van der Waals surface area contributed by atoms with Crippen LogP contribution in [0.25, 0.3) is 0 Å². The number of aromatic hydroxyl groups is 1. The predicted molar refractivity (Wildman–Crippen MR) is 72.9 cm³/mol. The molecule has 0 bridgehead atoms. The van der Waals surface area contributed by atoms with Gasteiger partial charge in [0.1, 0.15) is 10.6 Å². The van der Waals surface area contributed by atoms with Gasteiger partial charge in [-0.3, -0.25) is 4.79 Å². The summed E-state index contributed by atoms with van der Waals surface area (Å²) in [5.74, 6) is 0.115. The van der Waals surface area contributed by atoms with Gasteiger partial charge in [0.2, 0.25) is 0 Å². The highest BCUT2D eigenvalue weighted by molar-refractivity contribution is 9.10. The molecular weight excluding hydrogens is 302 g/mol. The molecule has 0 radical (unpaired) electrons. The summed E-state index contributed by atoms with van der Waals surface area (Å²) >= 11 is 4.74. The Morgan fingerprint density at radius 2 is 1.94 bits per heavy atom. The Hall–Kier alpha value is -1.33. The third kappa shape index (κ3) is 2.50. The minimum absolute atomic E-state index is 0.0717. The monoisotopic (exact) mass is 311 g/mol. The van der Waals surface area contributed by atoms with Crippen LogP contribution < -0.4 is 4.90 Å². The summed E-state index contributed by atoms with van der Waals surface area (Å²) in [5, 5.41) is 11.1. The number of carbonyl (C=O) groups excluding carboxylic acids is 1. The lowest BCUT2D eigenvalue weighted by Crippen LogP contribution is -2.25. The van der Waals surface area contributed by atoms with Crippen molar-refractivity contribution < 1.29 is 9.90 Å². The van der Waals surface area contributed by atoms with E-state index in [0.717, 1.165) is 10.2 Å². The van der Waals surface area contributed by atoms with Gasteiger partial charge in [-0.05, 0) is 51.6 Å². The van der Waals surface area contributed by atoms with E-state index in [9.17, 15) is 9.90 Å². The maximum Gasteiger partial charge on any atom is 0.269 e. The van der Waals surface area contributed by atoms with Crippen molar-refractivity contribution in [2.75, 3.05) is 11.9 Å². The molecule has 1 N–H and O–H groups in total.